The summed E-state index contributed by atoms with van der Waals surface area (Å²) in [6.45, 7) is 0. The topological polar surface area (TPSA) is 52.5 Å². The SMILES string of the molecule is N#Cc1ccc(-n2c3ccccc3c3cc4c5c(cccc5c32)-c2c-4c(-c3ccccc3)c3ccccc3c2-c2ccccc2)c(C#N)c1. The Bertz CT molecular complexity index is 2940. The van der Waals surface area contributed by atoms with Crippen molar-refractivity contribution >= 4 is 43.4 Å². The van der Waals surface area contributed by atoms with Crippen molar-refractivity contribution in [2.24, 2.45) is 0 Å². The smallest absolute Gasteiger partial charge is 0.101 e. The number of hydrogen-bond acceptors (Lipinski definition) is 2. The lowest BCUT2D eigenvalue weighted by Gasteiger charge is -2.20. The van der Waals surface area contributed by atoms with Gasteiger partial charge in [-0.3, -0.25) is 0 Å². The van der Waals surface area contributed by atoms with Crippen LogP contribution in [0.15, 0.2) is 152 Å². The predicted octanol–water partition coefficient (Wildman–Crippen LogP) is 11.8. The van der Waals surface area contributed by atoms with Crippen LogP contribution >= 0.6 is 0 Å². The van der Waals surface area contributed by atoms with Gasteiger partial charge in [-0.15, -0.1) is 0 Å². The van der Waals surface area contributed by atoms with Crippen LogP contribution in [0.2, 0.25) is 0 Å². The average molecular weight is 620 g/mol. The minimum atomic E-state index is 0.470. The van der Waals surface area contributed by atoms with Gasteiger partial charge in [-0.05, 0) is 91.0 Å². The molecule has 3 heteroatoms. The molecule has 0 amide bonds. The van der Waals surface area contributed by atoms with E-state index in [1.165, 1.54) is 60.7 Å². The minimum absolute atomic E-state index is 0.470. The van der Waals surface area contributed by atoms with Crippen molar-refractivity contribution in [3.63, 3.8) is 0 Å². The Kier molecular flexibility index (Phi) is 5.71. The summed E-state index contributed by atoms with van der Waals surface area (Å²) in [5, 5.41) is 27.0. The van der Waals surface area contributed by atoms with Crippen LogP contribution in [0.25, 0.3) is 93.5 Å². The zero-order valence-electron chi connectivity index (χ0n) is 26.3. The van der Waals surface area contributed by atoms with Crippen molar-refractivity contribution in [3.8, 4) is 62.3 Å². The largest absolute Gasteiger partial charge is 0.307 e. The van der Waals surface area contributed by atoms with Crippen molar-refractivity contribution in [2.45, 2.75) is 0 Å². The Balaban J connectivity index is 1.44. The van der Waals surface area contributed by atoms with Crippen LogP contribution in [0.5, 0.6) is 0 Å². The molecule has 1 aromatic heterocycles. The van der Waals surface area contributed by atoms with E-state index in [1.54, 1.807) is 12.1 Å². The molecule has 1 aliphatic carbocycles. The van der Waals surface area contributed by atoms with Gasteiger partial charge in [0.25, 0.3) is 0 Å². The molecule has 10 rings (SSSR count). The third-order valence-corrected chi connectivity index (χ3v) is 10.2. The summed E-state index contributed by atoms with van der Waals surface area (Å²) in [5.41, 5.74) is 13.6. The number of hydrogen-bond donors (Lipinski definition) is 0. The van der Waals surface area contributed by atoms with Gasteiger partial charge in [-0.1, -0.05) is 121 Å². The molecule has 0 unspecified atom stereocenters. The zero-order valence-corrected chi connectivity index (χ0v) is 26.3. The zero-order chi connectivity index (χ0) is 32.6. The lowest BCUT2D eigenvalue weighted by Crippen LogP contribution is -1.98. The highest BCUT2D eigenvalue weighted by atomic mass is 15.0. The molecule has 0 N–H and O–H groups in total. The molecule has 224 valence electrons. The van der Waals surface area contributed by atoms with E-state index in [1.807, 2.05) is 6.07 Å². The Morgan fingerprint density at radius 2 is 1.02 bits per heavy atom. The van der Waals surface area contributed by atoms with Crippen LogP contribution in [-0.2, 0) is 0 Å². The Hall–Kier alpha value is -6.94. The number of para-hydroxylation sites is 1. The highest BCUT2D eigenvalue weighted by Crippen LogP contribution is 2.59. The first kappa shape index (κ1) is 27.2. The van der Waals surface area contributed by atoms with Gasteiger partial charge in [0.1, 0.15) is 6.07 Å². The molecule has 0 spiro atoms. The Morgan fingerprint density at radius 3 is 1.67 bits per heavy atom. The summed E-state index contributed by atoms with van der Waals surface area (Å²) in [6, 6.07) is 57.9. The monoisotopic (exact) mass is 619 g/mol. The van der Waals surface area contributed by atoms with E-state index < -0.39 is 0 Å². The molecule has 9 aromatic rings. The number of rotatable bonds is 3. The molecule has 0 saturated heterocycles. The molecule has 3 nitrogen and oxygen atoms in total. The Labute approximate surface area is 282 Å². The van der Waals surface area contributed by atoms with E-state index in [4.69, 9.17) is 0 Å². The molecular weight excluding hydrogens is 595 g/mol. The van der Waals surface area contributed by atoms with Gasteiger partial charge in [0.05, 0.1) is 33.9 Å². The van der Waals surface area contributed by atoms with Crippen molar-refractivity contribution in [3.05, 3.63) is 163 Å². The highest BCUT2D eigenvalue weighted by molar-refractivity contribution is 6.32. The summed E-state index contributed by atoms with van der Waals surface area (Å²) in [4.78, 5) is 0. The summed E-state index contributed by atoms with van der Waals surface area (Å²) in [6.07, 6.45) is 0. The fourth-order valence-electron chi connectivity index (χ4n) is 8.27. The molecule has 1 aliphatic rings. The van der Waals surface area contributed by atoms with Gasteiger partial charge in [0.15, 0.2) is 0 Å². The third kappa shape index (κ3) is 3.70. The lowest BCUT2D eigenvalue weighted by molar-refractivity contribution is 1.17. The minimum Gasteiger partial charge on any atom is -0.307 e. The molecule has 0 aliphatic heterocycles. The molecule has 0 bridgehead atoms. The molecule has 49 heavy (non-hydrogen) atoms. The highest BCUT2D eigenvalue weighted by Gasteiger charge is 2.32. The van der Waals surface area contributed by atoms with E-state index >= 15 is 0 Å². The maximum absolute atomic E-state index is 10.3. The van der Waals surface area contributed by atoms with Gasteiger partial charge < -0.3 is 4.57 Å². The first-order valence-corrected chi connectivity index (χ1v) is 16.4. The van der Waals surface area contributed by atoms with Crippen LogP contribution in [-0.4, -0.2) is 4.57 Å². The molecule has 0 saturated carbocycles. The molecule has 8 aromatic carbocycles. The summed E-state index contributed by atoms with van der Waals surface area (Å²) < 4.78 is 2.23. The first-order valence-electron chi connectivity index (χ1n) is 16.4. The molecule has 0 radical (unpaired) electrons. The lowest BCUT2D eigenvalue weighted by atomic mass is 9.82. The van der Waals surface area contributed by atoms with Gasteiger partial charge in [-0.25, -0.2) is 0 Å². The van der Waals surface area contributed by atoms with E-state index in [-0.39, 0.29) is 0 Å². The molecular formula is C46H25N3. The average Bonchev–Trinajstić information content (AvgIpc) is 3.68. The maximum atomic E-state index is 10.3. The molecule has 0 fully saturated rings. The second-order valence-corrected chi connectivity index (χ2v) is 12.6. The maximum Gasteiger partial charge on any atom is 0.101 e. The van der Waals surface area contributed by atoms with Gasteiger partial charge in [0, 0.05) is 16.2 Å². The number of nitriles is 2. The summed E-state index contributed by atoms with van der Waals surface area (Å²) >= 11 is 0. The standard InChI is InChI=1S/C46H25N3/c47-26-28-22-23-39(31(24-28)27-48)49-40-21-10-9-16-32(40)37-25-38-43-35(19-11-20-36(43)46(37)49)44-41(29-12-3-1-4-13-29)33-17-7-8-18-34(33)42(45(38)44)30-14-5-2-6-15-30/h1-25H. The van der Waals surface area contributed by atoms with Crippen molar-refractivity contribution < 1.29 is 0 Å². The van der Waals surface area contributed by atoms with Crippen molar-refractivity contribution in [1.82, 2.24) is 4.57 Å². The third-order valence-electron chi connectivity index (χ3n) is 10.2. The fourth-order valence-corrected chi connectivity index (χ4v) is 8.27. The molecule has 0 atom stereocenters. The molecule has 1 heterocycles. The quantitative estimate of drug-likeness (QED) is 0.198. The Morgan fingerprint density at radius 1 is 0.429 bits per heavy atom. The van der Waals surface area contributed by atoms with Crippen molar-refractivity contribution in [2.75, 3.05) is 0 Å². The van der Waals surface area contributed by atoms with Gasteiger partial charge >= 0.3 is 0 Å². The van der Waals surface area contributed by atoms with E-state index in [0.717, 1.165) is 32.9 Å². The van der Waals surface area contributed by atoms with E-state index in [2.05, 4.69) is 150 Å². The van der Waals surface area contributed by atoms with Gasteiger partial charge in [-0.2, -0.15) is 10.5 Å². The second kappa shape index (κ2) is 10.3. The number of aromatic nitrogens is 1. The van der Waals surface area contributed by atoms with Crippen LogP contribution in [0.4, 0.5) is 0 Å². The second-order valence-electron chi connectivity index (χ2n) is 12.6. The predicted molar refractivity (Wildman–Crippen MR) is 201 cm³/mol. The van der Waals surface area contributed by atoms with Crippen LogP contribution in [0.3, 0.4) is 0 Å². The van der Waals surface area contributed by atoms with Gasteiger partial charge in [0.2, 0.25) is 0 Å². The van der Waals surface area contributed by atoms with Crippen LogP contribution in [0, 0.1) is 22.7 Å². The number of nitrogens with zero attached hydrogens (tertiary/aromatic N) is 3. The fraction of sp³-hybridized carbons (Fsp3) is 0. The normalized spacial score (nSPS) is 11.6. The van der Waals surface area contributed by atoms with Crippen LogP contribution in [0.1, 0.15) is 11.1 Å². The van der Waals surface area contributed by atoms with Crippen LogP contribution < -0.4 is 0 Å². The number of fused-ring (bicyclic) bond motifs is 8. The van der Waals surface area contributed by atoms with E-state index in [9.17, 15) is 10.5 Å². The summed E-state index contributed by atoms with van der Waals surface area (Å²) in [5.74, 6) is 0. The van der Waals surface area contributed by atoms with Crippen molar-refractivity contribution in [1.29, 1.82) is 10.5 Å². The summed E-state index contributed by atoms with van der Waals surface area (Å²) in [7, 11) is 0. The first-order chi connectivity index (χ1) is 24.3. The van der Waals surface area contributed by atoms with E-state index in [0.29, 0.717) is 11.1 Å². The number of benzene rings is 8.